The zero-order chi connectivity index (χ0) is 17.7. The van der Waals surface area contributed by atoms with Crippen LogP contribution in [0.1, 0.15) is 20.7 Å². The first-order valence-electron chi connectivity index (χ1n) is 7.57. The molecular formula is C15H20N3O6+. The largest absolute Gasteiger partial charge is 0.465 e. The number of benzene rings is 1. The van der Waals surface area contributed by atoms with E-state index in [1.165, 1.54) is 24.1 Å². The Labute approximate surface area is 138 Å². The SMILES string of the molecule is COC(=O)c1cc(C(=O)N2CC[NH+](CCO)CC2)cc([N+](=O)[O-])c1. The minimum atomic E-state index is -0.732. The average molecular weight is 338 g/mol. The third kappa shape index (κ3) is 4.06. The Morgan fingerprint density at radius 2 is 1.92 bits per heavy atom. The van der Waals surface area contributed by atoms with Crippen molar-refractivity contribution in [2.24, 2.45) is 0 Å². The fourth-order valence-corrected chi connectivity index (χ4v) is 2.69. The highest BCUT2D eigenvalue weighted by Crippen LogP contribution is 2.19. The molecule has 1 amide bonds. The predicted molar refractivity (Wildman–Crippen MR) is 83.0 cm³/mol. The number of rotatable bonds is 5. The molecule has 0 aliphatic carbocycles. The van der Waals surface area contributed by atoms with Gasteiger partial charge in [0.2, 0.25) is 0 Å². The maximum atomic E-state index is 12.6. The van der Waals surface area contributed by atoms with E-state index in [4.69, 9.17) is 5.11 Å². The van der Waals surface area contributed by atoms with E-state index < -0.39 is 10.9 Å². The number of amides is 1. The number of aliphatic hydroxyl groups is 1. The molecule has 0 aromatic heterocycles. The van der Waals surface area contributed by atoms with Crippen molar-refractivity contribution >= 4 is 17.6 Å². The van der Waals surface area contributed by atoms with Crippen LogP contribution in [0, 0.1) is 10.1 Å². The number of carbonyl (C=O) groups excluding carboxylic acids is 2. The summed E-state index contributed by atoms with van der Waals surface area (Å²) in [5.74, 6) is -1.09. The van der Waals surface area contributed by atoms with Crippen molar-refractivity contribution < 1.29 is 29.3 Å². The Morgan fingerprint density at radius 1 is 1.29 bits per heavy atom. The second-order valence-electron chi connectivity index (χ2n) is 5.53. The maximum Gasteiger partial charge on any atom is 0.338 e. The number of hydrogen-bond acceptors (Lipinski definition) is 6. The van der Waals surface area contributed by atoms with Crippen LogP contribution in [-0.4, -0.2) is 73.2 Å². The third-order valence-corrected chi connectivity index (χ3v) is 4.02. The van der Waals surface area contributed by atoms with Crippen molar-refractivity contribution in [2.75, 3.05) is 46.4 Å². The van der Waals surface area contributed by atoms with Crippen LogP contribution in [0.3, 0.4) is 0 Å². The second-order valence-corrected chi connectivity index (χ2v) is 5.53. The summed E-state index contributed by atoms with van der Waals surface area (Å²) in [7, 11) is 1.17. The van der Waals surface area contributed by atoms with Crippen molar-refractivity contribution in [3.8, 4) is 0 Å². The highest BCUT2D eigenvalue weighted by molar-refractivity contribution is 5.99. The van der Waals surface area contributed by atoms with E-state index >= 15 is 0 Å². The first-order chi connectivity index (χ1) is 11.5. The first-order valence-corrected chi connectivity index (χ1v) is 7.57. The molecule has 1 aromatic rings. The summed E-state index contributed by atoms with van der Waals surface area (Å²) in [6.07, 6.45) is 0. The van der Waals surface area contributed by atoms with Crippen molar-refractivity contribution in [1.82, 2.24) is 4.90 Å². The minimum Gasteiger partial charge on any atom is -0.465 e. The minimum absolute atomic E-state index is 0.0282. The van der Waals surface area contributed by atoms with Crippen molar-refractivity contribution in [3.63, 3.8) is 0 Å². The summed E-state index contributed by atoms with van der Waals surface area (Å²) in [5.41, 5.74) is -0.263. The lowest BCUT2D eigenvalue weighted by Crippen LogP contribution is -3.15. The van der Waals surface area contributed by atoms with Crippen LogP contribution in [0.25, 0.3) is 0 Å². The van der Waals surface area contributed by atoms with Gasteiger partial charge in [0.05, 0.1) is 50.4 Å². The van der Waals surface area contributed by atoms with Gasteiger partial charge in [0.1, 0.15) is 6.54 Å². The molecule has 1 aliphatic rings. The summed E-state index contributed by atoms with van der Waals surface area (Å²) >= 11 is 0. The molecule has 24 heavy (non-hydrogen) atoms. The van der Waals surface area contributed by atoms with Crippen LogP contribution in [-0.2, 0) is 4.74 Å². The standard InChI is InChI=1S/C15H19N3O6/c1-24-15(21)12-8-11(9-13(10-12)18(22)23)14(20)17-4-2-16(3-5-17)6-7-19/h8-10,19H,2-7H2,1H3/p+1. The van der Waals surface area contributed by atoms with Gasteiger partial charge in [-0.05, 0) is 6.07 Å². The molecule has 0 spiro atoms. The number of quaternary nitrogens is 1. The summed E-state index contributed by atoms with van der Waals surface area (Å²) in [5, 5.41) is 20.0. The molecule has 0 saturated carbocycles. The Kier molecular flexibility index (Phi) is 5.83. The number of nitrogens with zero attached hydrogens (tertiary/aromatic N) is 2. The van der Waals surface area contributed by atoms with Gasteiger partial charge in [-0.1, -0.05) is 0 Å². The Morgan fingerprint density at radius 3 is 2.46 bits per heavy atom. The third-order valence-electron chi connectivity index (χ3n) is 4.02. The molecule has 9 nitrogen and oxygen atoms in total. The zero-order valence-corrected chi connectivity index (χ0v) is 13.4. The number of ether oxygens (including phenoxy) is 1. The van der Waals surface area contributed by atoms with Gasteiger partial charge in [-0.15, -0.1) is 0 Å². The smallest absolute Gasteiger partial charge is 0.338 e. The number of esters is 1. The van der Waals surface area contributed by atoms with E-state index in [1.54, 1.807) is 4.90 Å². The van der Waals surface area contributed by atoms with Gasteiger partial charge >= 0.3 is 5.97 Å². The molecule has 130 valence electrons. The molecule has 2 rings (SSSR count). The number of methoxy groups -OCH3 is 1. The van der Waals surface area contributed by atoms with Crippen molar-refractivity contribution in [3.05, 3.63) is 39.4 Å². The zero-order valence-electron chi connectivity index (χ0n) is 13.4. The van der Waals surface area contributed by atoms with Crippen LogP contribution in [0.2, 0.25) is 0 Å². The van der Waals surface area contributed by atoms with E-state index in [-0.39, 0.29) is 29.3 Å². The van der Waals surface area contributed by atoms with Gasteiger partial charge in [-0.2, -0.15) is 0 Å². The predicted octanol–water partition coefficient (Wildman–Crippen LogP) is -1.29. The van der Waals surface area contributed by atoms with Gasteiger partial charge in [0, 0.05) is 17.7 Å². The second kappa shape index (κ2) is 7.84. The van der Waals surface area contributed by atoms with E-state index in [0.29, 0.717) is 32.7 Å². The van der Waals surface area contributed by atoms with Crippen molar-refractivity contribution in [2.45, 2.75) is 0 Å². The number of nitro benzene ring substituents is 1. The van der Waals surface area contributed by atoms with Crippen LogP contribution >= 0.6 is 0 Å². The fraction of sp³-hybridized carbons (Fsp3) is 0.467. The number of hydrogen-bond donors (Lipinski definition) is 2. The van der Waals surface area contributed by atoms with E-state index in [1.807, 2.05) is 0 Å². The molecular weight excluding hydrogens is 318 g/mol. The van der Waals surface area contributed by atoms with E-state index in [0.717, 1.165) is 6.07 Å². The molecule has 0 radical (unpaired) electrons. The number of non-ortho nitro benzene ring substituents is 1. The molecule has 1 aliphatic heterocycles. The highest BCUT2D eigenvalue weighted by atomic mass is 16.6. The lowest BCUT2D eigenvalue weighted by Gasteiger charge is -2.32. The van der Waals surface area contributed by atoms with E-state index in [2.05, 4.69) is 4.74 Å². The highest BCUT2D eigenvalue weighted by Gasteiger charge is 2.26. The quantitative estimate of drug-likeness (QED) is 0.392. The van der Waals surface area contributed by atoms with Gasteiger partial charge in [-0.3, -0.25) is 14.9 Å². The normalized spacial score (nSPS) is 15.2. The number of carbonyl (C=O) groups is 2. The lowest BCUT2D eigenvalue weighted by atomic mass is 10.1. The summed E-state index contributed by atoms with van der Waals surface area (Å²) < 4.78 is 4.58. The number of aliphatic hydroxyl groups excluding tert-OH is 1. The molecule has 0 bridgehead atoms. The molecule has 9 heteroatoms. The number of nitrogens with one attached hydrogen (secondary N) is 1. The summed E-state index contributed by atoms with van der Waals surface area (Å²) in [4.78, 5) is 37.4. The van der Waals surface area contributed by atoms with Crippen LogP contribution in [0.4, 0.5) is 5.69 Å². The Balaban J connectivity index is 2.21. The van der Waals surface area contributed by atoms with Crippen LogP contribution in [0.5, 0.6) is 0 Å². The maximum absolute atomic E-state index is 12.6. The molecule has 0 unspecified atom stereocenters. The van der Waals surface area contributed by atoms with E-state index in [9.17, 15) is 19.7 Å². The number of piperazine rings is 1. The Bertz CT molecular complexity index is 640. The summed E-state index contributed by atoms with van der Waals surface area (Å²) in [6.45, 7) is 3.10. The summed E-state index contributed by atoms with van der Waals surface area (Å²) in [6, 6.07) is 3.57. The molecule has 1 fully saturated rings. The molecule has 1 heterocycles. The number of nitro groups is 1. The fourth-order valence-electron chi connectivity index (χ4n) is 2.69. The topological polar surface area (TPSA) is 114 Å². The lowest BCUT2D eigenvalue weighted by molar-refractivity contribution is -0.904. The van der Waals surface area contributed by atoms with Gasteiger partial charge in [-0.25, -0.2) is 4.79 Å². The first kappa shape index (κ1) is 17.8. The average Bonchev–Trinajstić information content (AvgIpc) is 2.60. The molecule has 2 N–H and O–H groups in total. The van der Waals surface area contributed by atoms with Gasteiger partial charge in [0.25, 0.3) is 11.6 Å². The molecule has 1 saturated heterocycles. The molecule has 1 aromatic carbocycles. The Hall–Kier alpha value is -2.52. The van der Waals surface area contributed by atoms with Gasteiger partial charge in [0.15, 0.2) is 0 Å². The van der Waals surface area contributed by atoms with Crippen LogP contribution in [0.15, 0.2) is 18.2 Å². The van der Waals surface area contributed by atoms with Gasteiger partial charge < -0.3 is 19.6 Å². The molecule has 0 atom stereocenters. The monoisotopic (exact) mass is 338 g/mol. The van der Waals surface area contributed by atoms with Crippen molar-refractivity contribution in [1.29, 1.82) is 0 Å². The van der Waals surface area contributed by atoms with Crippen LogP contribution < -0.4 is 4.90 Å².